The fraction of sp³-hybridized carbons (Fsp3) is 0.364. The van der Waals surface area contributed by atoms with E-state index in [2.05, 4.69) is 17.1 Å². The van der Waals surface area contributed by atoms with Gasteiger partial charge in [-0.2, -0.15) is 0 Å². The van der Waals surface area contributed by atoms with Crippen molar-refractivity contribution >= 4 is 11.8 Å². The molecule has 1 saturated heterocycles. The summed E-state index contributed by atoms with van der Waals surface area (Å²) in [5.41, 5.74) is 1.52. The normalized spacial score (nSPS) is 14.7. The molecular weight excluding hydrogens is 357 g/mol. The van der Waals surface area contributed by atoms with E-state index >= 15 is 0 Å². The lowest BCUT2D eigenvalue weighted by Crippen LogP contribution is -2.48. The van der Waals surface area contributed by atoms with Gasteiger partial charge in [-0.3, -0.25) is 9.59 Å². The Morgan fingerprint density at radius 3 is 2.43 bits per heavy atom. The fourth-order valence-electron chi connectivity index (χ4n) is 3.36. The lowest BCUT2D eigenvalue weighted by molar-refractivity contribution is 0.0643. The van der Waals surface area contributed by atoms with E-state index in [0.29, 0.717) is 42.7 Å². The molecule has 28 heavy (non-hydrogen) atoms. The van der Waals surface area contributed by atoms with Crippen LogP contribution in [-0.2, 0) is 6.42 Å². The highest BCUT2D eigenvalue weighted by atomic mass is 19.1. The molecule has 148 valence electrons. The SMILES string of the molecule is CCN1CCN(C(=O)c2cccc(C(=O)NCCc3ccccc3F)c2)CC1. The standard InChI is InChI=1S/C22H26FN3O2/c1-2-25-12-14-26(15-13-25)22(28)19-8-5-7-18(16-19)21(27)24-11-10-17-6-3-4-9-20(17)23/h3-9,16H,2,10-15H2,1H3,(H,24,27). The maximum atomic E-state index is 13.6. The van der Waals surface area contributed by atoms with Crippen LogP contribution >= 0.6 is 0 Å². The monoisotopic (exact) mass is 383 g/mol. The molecule has 1 aliphatic rings. The topological polar surface area (TPSA) is 52.7 Å². The molecular formula is C22H26FN3O2. The first kappa shape index (κ1) is 20.0. The summed E-state index contributed by atoms with van der Waals surface area (Å²) in [6, 6.07) is 13.3. The molecule has 2 aromatic rings. The number of amides is 2. The van der Waals surface area contributed by atoms with Crippen LogP contribution in [-0.4, -0.2) is 60.9 Å². The number of benzene rings is 2. The van der Waals surface area contributed by atoms with E-state index in [-0.39, 0.29) is 17.6 Å². The fourth-order valence-corrected chi connectivity index (χ4v) is 3.36. The van der Waals surface area contributed by atoms with Gasteiger partial charge in [0.15, 0.2) is 0 Å². The average Bonchev–Trinajstić information content (AvgIpc) is 2.74. The molecule has 1 fully saturated rings. The van der Waals surface area contributed by atoms with Crippen molar-refractivity contribution in [1.29, 1.82) is 0 Å². The molecule has 1 aliphatic heterocycles. The first-order chi connectivity index (χ1) is 13.6. The van der Waals surface area contributed by atoms with Gasteiger partial charge in [-0.05, 0) is 42.8 Å². The zero-order valence-corrected chi connectivity index (χ0v) is 16.2. The van der Waals surface area contributed by atoms with E-state index in [0.717, 1.165) is 19.6 Å². The number of piperazine rings is 1. The molecule has 1 heterocycles. The van der Waals surface area contributed by atoms with E-state index in [4.69, 9.17) is 0 Å². The van der Waals surface area contributed by atoms with Gasteiger partial charge in [0.2, 0.25) is 0 Å². The van der Waals surface area contributed by atoms with Crippen LogP contribution in [0.4, 0.5) is 4.39 Å². The molecule has 5 nitrogen and oxygen atoms in total. The van der Waals surface area contributed by atoms with Gasteiger partial charge in [0, 0.05) is 43.9 Å². The molecule has 0 bridgehead atoms. The van der Waals surface area contributed by atoms with Crippen molar-refractivity contribution in [3.63, 3.8) is 0 Å². The molecule has 0 aliphatic carbocycles. The second kappa shape index (κ2) is 9.46. The number of nitrogens with one attached hydrogen (secondary N) is 1. The predicted molar refractivity (Wildman–Crippen MR) is 107 cm³/mol. The summed E-state index contributed by atoms with van der Waals surface area (Å²) in [5.74, 6) is -0.578. The highest BCUT2D eigenvalue weighted by molar-refractivity contribution is 5.99. The van der Waals surface area contributed by atoms with Crippen LogP contribution < -0.4 is 5.32 Å². The second-order valence-electron chi connectivity index (χ2n) is 6.90. The highest BCUT2D eigenvalue weighted by Gasteiger charge is 2.21. The third kappa shape index (κ3) is 4.95. The van der Waals surface area contributed by atoms with Gasteiger partial charge in [-0.25, -0.2) is 4.39 Å². The predicted octanol–water partition coefficient (Wildman–Crippen LogP) is 2.58. The maximum Gasteiger partial charge on any atom is 0.253 e. The van der Waals surface area contributed by atoms with Crippen molar-refractivity contribution < 1.29 is 14.0 Å². The first-order valence-electron chi connectivity index (χ1n) is 9.71. The summed E-state index contributed by atoms with van der Waals surface area (Å²) in [4.78, 5) is 29.3. The van der Waals surface area contributed by atoms with Crippen molar-refractivity contribution in [2.45, 2.75) is 13.3 Å². The quantitative estimate of drug-likeness (QED) is 0.834. The number of halogens is 1. The van der Waals surface area contributed by atoms with Gasteiger partial charge >= 0.3 is 0 Å². The summed E-state index contributed by atoms with van der Waals surface area (Å²) < 4.78 is 13.6. The van der Waals surface area contributed by atoms with E-state index < -0.39 is 0 Å². The maximum absolute atomic E-state index is 13.6. The molecule has 2 amide bonds. The van der Waals surface area contributed by atoms with Gasteiger partial charge in [0.25, 0.3) is 11.8 Å². The van der Waals surface area contributed by atoms with Crippen LogP contribution in [0.2, 0.25) is 0 Å². The van der Waals surface area contributed by atoms with E-state index in [9.17, 15) is 14.0 Å². The van der Waals surface area contributed by atoms with Gasteiger partial charge in [0.05, 0.1) is 0 Å². The smallest absolute Gasteiger partial charge is 0.253 e. The van der Waals surface area contributed by atoms with Crippen LogP contribution in [0.25, 0.3) is 0 Å². The van der Waals surface area contributed by atoms with Crippen LogP contribution in [0, 0.1) is 5.82 Å². The van der Waals surface area contributed by atoms with Crippen LogP contribution in [0.3, 0.4) is 0 Å². The minimum absolute atomic E-state index is 0.0447. The lowest BCUT2D eigenvalue weighted by Gasteiger charge is -2.34. The second-order valence-corrected chi connectivity index (χ2v) is 6.90. The van der Waals surface area contributed by atoms with Crippen LogP contribution in [0.5, 0.6) is 0 Å². The van der Waals surface area contributed by atoms with Crippen LogP contribution in [0.15, 0.2) is 48.5 Å². The number of rotatable bonds is 6. The molecule has 0 saturated carbocycles. The molecule has 2 aromatic carbocycles. The Labute approximate surface area is 165 Å². The molecule has 1 N–H and O–H groups in total. The van der Waals surface area contributed by atoms with Crippen molar-refractivity contribution in [2.24, 2.45) is 0 Å². The number of carbonyl (C=O) groups excluding carboxylic acids is 2. The average molecular weight is 383 g/mol. The number of hydrogen-bond donors (Lipinski definition) is 1. The third-order valence-corrected chi connectivity index (χ3v) is 5.12. The number of nitrogens with zero attached hydrogens (tertiary/aromatic N) is 2. The Bertz CT molecular complexity index is 832. The molecule has 0 radical (unpaired) electrons. The number of likely N-dealkylation sites (N-methyl/N-ethyl adjacent to an activating group) is 1. The minimum Gasteiger partial charge on any atom is -0.352 e. The molecule has 0 atom stereocenters. The zero-order chi connectivity index (χ0) is 19.9. The molecule has 3 rings (SSSR count). The Kier molecular flexibility index (Phi) is 6.76. The van der Waals surface area contributed by atoms with Gasteiger partial charge in [0.1, 0.15) is 5.82 Å². The lowest BCUT2D eigenvalue weighted by atomic mass is 10.1. The zero-order valence-electron chi connectivity index (χ0n) is 16.2. The van der Waals surface area contributed by atoms with Gasteiger partial charge in [-0.15, -0.1) is 0 Å². The molecule has 0 spiro atoms. The van der Waals surface area contributed by atoms with E-state index in [1.54, 1.807) is 42.5 Å². The largest absolute Gasteiger partial charge is 0.352 e. The van der Waals surface area contributed by atoms with Gasteiger partial charge < -0.3 is 15.1 Å². The van der Waals surface area contributed by atoms with Crippen molar-refractivity contribution in [2.75, 3.05) is 39.3 Å². The summed E-state index contributed by atoms with van der Waals surface area (Å²) in [6.07, 6.45) is 0.415. The Balaban J connectivity index is 1.57. The Morgan fingerprint density at radius 2 is 1.71 bits per heavy atom. The Hall–Kier alpha value is -2.73. The molecule has 0 aromatic heterocycles. The summed E-state index contributed by atoms with van der Waals surface area (Å²) >= 11 is 0. The van der Waals surface area contributed by atoms with Crippen molar-refractivity contribution in [1.82, 2.24) is 15.1 Å². The summed E-state index contributed by atoms with van der Waals surface area (Å²) in [7, 11) is 0. The highest BCUT2D eigenvalue weighted by Crippen LogP contribution is 2.12. The molecule has 0 unspecified atom stereocenters. The minimum atomic E-state index is -0.271. The summed E-state index contributed by atoms with van der Waals surface area (Å²) in [6.45, 7) is 6.58. The number of carbonyl (C=O) groups is 2. The molecule has 6 heteroatoms. The van der Waals surface area contributed by atoms with E-state index in [1.165, 1.54) is 6.07 Å². The third-order valence-electron chi connectivity index (χ3n) is 5.12. The van der Waals surface area contributed by atoms with Gasteiger partial charge in [-0.1, -0.05) is 31.2 Å². The van der Waals surface area contributed by atoms with Crippen molar-refractivity contribution in [3.05, 3.63) is 71.0 Å². The first-order valence-corrected chi connectivity index (χ1v) is 9.71. The number of hydrogen-bond acceptors (Lipinski definition) is 3. The van der Waals surface area contributed by atoms with Crippen LogP contribution in [0.1, 0.15) is 33.2 Å². The Morgan fingerprint density at radius 1 is 1.00 bits per heavy atom. The van der Waals surface area contributed by atoms with E-state index in [1.807, 2.05) is 4.90 Å². The summed E-state index contributed by atoms with van der Waals surface area (Å²) in [5, 5.41) is 2.80. The van der Waals surface area contributed by atoms with Crippen molar-refractivity contribution in [3.8, 4) is 0 Å².